The van der Waals surface area contributed by atoms with E-state index in [1.165, 1.54) is 12.1 Å². The molecule has 39 heavy (non-hydrogen) atoms. The number of benzene rings is 2. The van der Waals surface area contributed by atoms with Crippen molar-refractivity contribution >= 4 is 48.1 Å². The van der Waals surface area contributed by atoms with Crippen LogP contribution in [0.2, 0.25) is 0 Å². The fraction of sp³-hybridized carbons (Fsp3) is 0.464. The minimum atomic E-state index is -0.294. The van der Waals surface area contributed by atoms with Gasteiger partial charge in [-0.05, 0) is 53.8 Å². The summed E-state index contributed by atoms with van der Waals surface area (Å²) in [6.45, 7) is 8.03. The molecule has 0 atom stereocenters. The third kappa shape index (κ3) is 7.91. The van der Waals surface area contributed by atoms with E-state index in [2.05, 4.69) is 10.6 Å². The first kappa shape index (κ1) is 32.5. The summed E-state index contributed by atoms with van der Waals surface area (Å²) in [4.78, 5) is 40.4. The van der Waals surface area contributed by atoms with Gasteiger partial charge < -0.3 is 15.5 Å². The van der Waals surface area contributed by atoms with Crippen molar-refractivity contribution in [1.82, 2.24) is 20.7 Å². The molecular weight excluding hydrogens is 544 g/mol. The number of carbonyl (C=O) groups excluding carboxylic acids is 3. The lowest BCUT2D eigenvalue weighted by atomic mass is 10.0. The van der Waals surface area contributed by atoms with Crippen LogP contribution in [0.4, 0.5) is 10.1 Å². The Morgan fingerprint density at radius 1 is 1.00 bits per heavy atom. The minimum Gasteiger partial charge on any atom is -0.353 e. The molecular formula is C28H38Cl2FN5O3. The van der Waals surface area contributed by atoms with Gasteiger partial charge in [-0.25, -0.2) is 9.40 Å². The van der Waals surface area contributed by atoms with Crippen LogP contribution < -0.4 is 15.5 Å². The van der Waals surface area contributed by atoms with Gasteiger partial charge in [0.25, 0.3) is 5.91 Å². The van der Waals surface area contributed by atoms with Gasteiger partial charge in [0.2, 0.25) is 5.91 Å². The highest BCUT2D eigenvalue weighted by atomic mass is 35.5. The van der Waals surface area contributed by atoms with E-state index in [1.54, 1.807) is 23.0 Å². The summed E-state index contributed by atoms with van der Waals surface area (Å²) in [5, 5.41) is 9.58. The average molecular weight is 583 g/mol. The van der Waals surface area contributed by atoms with Crippen LogP contribution in [0.15, 0.2) is 30.3 Å². The number of likely N-dealkylation sites (N-methyl/N-ethyl adjacent to an activating group) is 1. The number of hydrogen-bond donors (Lipinski definition) is 2. The number of halogens is 3. The second-order valence-electron chi connectivity index (χ2n) is 10.2. The molecule has 214 valence electrons. The van der Waals surface area contributed by atoms with Crippen molar-refractivity contribution in [2.24, 2.45) is 0 Å². The van der Waals surface area contributed by atoms with Crippen molar-refractivity contribution in [3.8, 4) is 0 Å². The molecule has 0 unspecified atom stereocenters. The van der Waals surface area contributed by atoms with Crippen LogP contribution in [0.1, 0.15) is 52.9 Å². The standard InChI is InChI=1S/C28H36FN5O3.2ClH/c1-18(2)30-9-10-31-27(36)16-33(25-13-24-20(11-19(25)3)6-8-26(24)35)17-28(37)32(4)34-14-21-5-7-23(29)12-22(21)15-34;;/h5,7,11-13,18,30H,6,8-10,14-17H2,1-4H3,(H,31,36);2*1H. The molecule has 0 radical (unpaired) electrons. The number of hydrazine groups is 1. The topological polar surface area (TPSA) is 85.0 Å². The molecule has 2 aromatic carbocycles. The van der Waals surface area contributed by atoms with Crippen LogP contribution >= 0.6 is 24.8 Å². The van der Waals surface area contributed by atoms with Gasteiger partial charge in [0.15, 0.2) is 5.78 Å². The van der Waals surface area contributed by atoms with E-state index in [4.69, 9.17) is 0 Å². The van der Waals surface area contributed by atoms with Gasteiger partial charge in [0.05, 0.1) is 13.1 Å². The van der Waals surface area contributed by atoms with Crippen molar-refractivity contribution in [3.05, 3.63) is 64.0 Å². The largest absolute Gasteiger partial charge is 0.353 e. The molecule has 0 fully saturated rings. The lowest BCUT2D eigenvalue weighted by Gasteiger charge is -2.32. The van der Waals surface area contributed by atoms with E-state index in [0.717, 1.165) is 28.7 Å². The number of aryl methyl sites for hydroxylation is 2. The Morgan fingerprint density at radius 3 is 2.44 bits per heavy atom. The first-order valence-electron chi connectivity index (χ1n) is 12.8. The maximum atomic E-state index is 13.7. The first-order chi connectivity index (χ1) is 17.6. The molecule has 11 heteroatoms. The van der Waals surface area contributed by atoms with Crippen LogP contribution in [-0.4, -0.2) is 66.9 Å². The van der Waals surface area contributed by atoms with Gasteiger partial charge in [0, 0.05) is 56.9 Å². The van der Waals surface area contributed by atoms with Gasteiger partial charge in [-0.15, -0.1) is 24.8 Å². The number of fused-ring (bicyclic) bond motifs is 2. The molecule has 0 bridgehead atoms. The second-order valence-corrected chi connectivity index (χ2v) is 10.2. The summed E-state index contributed by atoms with van der Waals surface area (Å²) in [5.41, 5.74) is 5.16. The lowest BCUT2D eigenvalue weighted by molar-refractivity contribution is -0.145. The molecule has 4 rings (SSSR count). The average Bonchev–Trinajstić information content (AvgIpc) is 3.43. The molecule has 0 aromatic heterocycles. The Labute approximate surface area is 242 Å². The van der Waals surface area contributed by atoms with Crippen molar-refractivity contribution in [2.45, 2.75) is 52.7 Å². The van der Waals surface area contributed by atoms with Crippen LogP contribution in [0, 0.1) is 12.7 Å². The zero-order chi connectivity index (χ0) is 26.7. The maximum absolute atomic E-state index is 13.7. The molecule has 2 aliphatic rings. The van der Waals surface area contributed by atoms with E-state index in [-0.39, 0.29) is 61.3 Å². The Balaban J connectivity index is 0.00000267. The van der Waals surface area contributed by atoms with Crippen LogP contribution in [0.25, 0.3) is 0 Å². The number of ketones is 1. The summed E-state index contributed by atoms with van der Waals surface area (Å²) in [6.07, 6.45) is 1.20. The molecule has 1 heterocycles. The van der Waals surface area contributed by atoms with Crippen molar-refractivity contribution in [2.75, 3.05) is 38.1 Å². The number of nitrogens with zero attached hydrogens (tertiary/aromatic N) is 3. The molecule has 1 aliphatic heterocycles. The molecule has 1 aliphatic carbocycles. The fourth-order valence-corrected chi connectivity index (χ4v) is 4.95. The number of carbonyl (C=O) groups is 3. The fourth-order valence-electron chi connectivity index (χ4n) is 4.95. The third-order valence-corrected chi connectivity index (χ3v) is 7.00. The van der Waals surface area contributed by atoms with Gasteiger partial charge in [0.1, 0.15) is 5.82 Å². The zero-order valence-electron chi connectivity index (χ0n) is 22.9. The molecule has 2 aromatic rings. The highest BCUT2D eigenvalue weighted by molar-refractivity contribution is 6.01. The van der Waals surface area contributed by atoms with Crippen molar-refractivity contribution in [3.63, 3.8) is 0 Å². The smallest absolute Gasteiger partial charge is 0.256 e. The number of hydrogen-bond acceptors (Lipinski definition) is 6. The number of Topliss-reactive ketones (excluding diaryl/α,β-unsaturated/α-hetero) is 1. The van der Waals surface area contributed by atoms with E-state index in [0.29, 0.717) is 49.9 Å². The number of rotatable bonds is 10. The number of nitrogens with one attached hydrogen (secondary N) is 2. The Kier molecular flexibility index (Phi) is 11.7. The predicted octanol–water partition coefficient (Wildman–Crippen LogP) is 3.42. The normalized spacial score (nSPS) is 13.8. The molecule has 2 N–H and O–H groups in total. The Bertz CT molecular complexity index is 1210. The molecule has 8 nitrogen and oxygen atoms in total. The summed E-state index contributed by atoms with van der Waals surface area (Å²) >= 11 is 0. The third-order valence-electron chi connectivity index (χ3n) is 7.00. The van der Waals surface area contributed by atoms with Gasteiger partial charge >= 0.3 is 0 Å². The molecule has 2 amide bonds. The summed E-state index contributed by atoms with van der Waals surface area (Å²) in [6, 6.07) is 8.82. The summed E-state index contributed by atoms with van der Waals surface area (Å²) in [5.74, 6) is -0.604. The molecule has 0 saturated carbocycles. The highest BCUT2D eigenvalue weighted by Crippen LogP contribution is 2.31. The monoisotopic (exact) mass is 581 g/mol. The van der Waals surface area contributed by atoms with Gasteiger partial charge in [-0.1, -0.05) is 26.0 Å². The van der Waals surface area contributed by atoms with Crippen LogP contribution in [0.3, 0.4) is 0 Å². The van der Waals surface area contributed by atoms with E-state index in [1.807, 2.05) is 37.9 Å². The second kappa shape index (κ2) is 14.1. The Hall–Kier alpha value is -2.72. The number of anilines is 1. The zero-order valence-corrected chi connectivity index (χ0v) is 24.5. The van der Waals surface area contributed by atoms with E-state index < -0.39 is 0 Å². The van der Waals surface area contributed by atoms with E-state index in [9.17, 15) is 18.8 Å². The Morgan fingerprint density at radius 2 is 1.72 bits per heavy atom. The quantitative estimate of drug-likeness (QED) is 0.418. The summed E-state index contributed by atoms with van der Waals surface area (Å²) < 4.78 is 13.7. The van der Waals surface area contributed by atoms with Gasteiger partial charge in [-0.2, -0.15) is 0 Å². The van der Waals surface area contributed by atoms with Crippen LogP contribution in [0.5, 0.6) is 0 Å². The summed E-state index contributed by atoms with van der Waals surface area (Å²) in [7, 11) is 1.69. The SMILES string of the molecule is Cc1cc2c(cc1N(CC(=O)NCCNC(C)C)CC(=O)N(C)N1Cc3ccc(F)cc3C1)C(=O)CC2.Cl.Cl. The van der Waals surface area contributed by atoms with Crippen molar-refractivity contribution < 1.29 is 18.8 Å². The van der Waals surface area contributed by atoms with Crippen LogP contribution in [-0.2, 0) is 29.1 Å². The predicted molar refractivity (Wildman–Crippen MR) is 155 cm³/mol. The van der Waals surface area contributed by atoms with Crippen molar-refractivity contribution in [1.29, 1.82) is 0 Å². The maximum Gasteiger partial charge on any atom is 0.256 e. The molecule has 0 spiro atoms. The van der Waals surface area contributed by atoms with E-state index >= 15 is 0 Å². The molecule has 0 saturated heterocycles. The first-order valence-corrected chi connectivity index (χ1v) is 12.8. The lowest BCUT2D eigenvalue weighted by Crippen LogP contribution is -2.48. The van der Waals surface area contributed by atoms with Gasteiger partial charge in [-0.3, -0.25) is 19.4 Å². The number of amides is 2. The highest BCUT2D eigenvalue weighted by Gasteiger charge is 2.29. The minimum absolute atomic E-state index is 0.